The molecule has 19 heavy (non-hydrogen) atoms. The molecule has 1 N–H and O–H groups in total. The van der Waals surface area contributed by atoms with E-state index in [1.165, 1.54) is 22.8 Å². The standard InChI is InChI=1S/C16H21N3/c1-13-4-6-17-8-9-19(13)12-14-2-3-16-11-18-7-5-15(16)10-14/h2-3,5,7,10-11,13,17H,4,6,8-9,12H2,1H3. The van der Waals surface area contributed by atoms with Crippen LogP contribution in [-0.4, -0.2) is 35.6 Å². The summed E-state index contributed by atoms with van der Waals surface area (Å²) >= 11 is 0. The van der Waals surface area contributed by atoms with Gasteiger partial charge in [-0.25, -0.2) is 0 Å². The van der Waals surface area contributed by atoms with Crippen molar-refractivity contribution in [3.8, 4) is 0 Å². The molecule has 3 nitrogen and oxygen atoms in total. The van der Waals surface area contributed by atoms with Gasteiger partial charge >= 0.3 is 0 Å². The molecule has 100 valence electrons. The molecule has 0 aliphatic carbocycles. The van der Waals surface area contributed by atoms with E-state index in [9.17, 15) is 0 Å². The number of hydrogen-bond donors (Lipinski definition) is 1. The molecule has 0 amide bonds. The lowest BCUT2D eigenvalue weighted by Crippen LogP contribution is -2.33. The van der Waals surface area contributed by atoms with Crippen LogP contribution in [-0.2, 0) is 6.54 Å². The Morgan fingerprint density at radius 1 is 1.26 bits per heavy atom. The Labute approximate surface area is 114 Å². The van der Waals surface area contributed by atoms with Crippen molar-refractivity contribution in [2.45, 2.75) is 25.9 Å². The minimum atomic E-state index is 0.656. The summed E-state index contributed by atoms with van der Waals surface area (Å²) < 4.78 is 0. The van der Waals surface area contributed by atoms with Crippen molar-refractivity contribution >= 4 is 10.8 Å². The van der Waals surface area contributed by atoms with Crippen LogP contribution in [0.25, 0.3) is 10.8 Å². The quantitative estimate of drug-likeness (QED) is 0.893. The average Bonchev–Trinajstić information content (AvgIpc) is 2.64. The molecule has 1 aromatic heterocycles. The van der Waals surface area contributed by atoms with Gasteiger partial charge in [0.15, 0.2) is 0 Å². The zero-order valence-electron chi connectivity index (χ0n) is 11.5. The van der Waals surface area contributed by atoms with E-state index in [-0.39, 0.29) is 0 Å². The lowest BCUT2D eigenvalue weighted by molar-refractivity contribution is 0.211. The van der Waals surface area contributed by atoms with Crippen LogP contribution in [0, 0.1) is 0 Å². The van der Waals surface area contributed by atoms with E-state index in [0.29, 0.717) is 6.04 Å². The summed E-state index contributed by atoms with van der Waals surface area (Å²) in [6.07, 6.45) is 5.03. The van der Waals surface area contributed by atoms with Crippen molar-refractivity contribution in [3.05, 3.63) is 42.2 Å². The molecule has 2 heterocycles. The Balaban J connectivity index is 1.80. The molecular formula is C16H21N3. The third kappa shape index (κ3) is 2.94. The van der Waals surface area contributed by atoms with Crippen molar-refractivity contribution in [2.75, 3.05) is 19.6 Å². The summed E-state index contributed by atoms with van der Waals surface area (Å²) in [7, 11) is 0. The van der Waals surface area contributed by atoms with Crippen molar-refractivity contribution in [1.82, 2.24) is 15.2 Å². The summed E-state index contributed by atoms with van der Waals surface area (Å²) in [5.41, 5.74) is 1.40. The molecule has 1 atom stereocenters. The highest BCUT2D eigenvalue weighted by atomic mass is 15.2. The Hall–Kier alpha value is -1.45. The van der Waals surface area contributed by atoms with Gasteiger partial charge in [-0.3, -0.25) is 9.88 Å². The second kappa shape index (κ2) is 5.68. The third-order valence-electron chi connectivity index (χ3n) is 4.03. The normalized spacial score (nSPS) is 21.4. The van der Waals surface area contributed by atoms with Gasteiger partial charge in [-0.1, -0.05) is 12.1 Å². The summed E-state index contributed by atoms with van der Waals surface area (Å²) in [6, 6.07) is 9.45. The maximum Gasteiger partial charge on any atom is 0.0346 e. The molecule has 3 rings (SSSR count). The van der Waals surface area contributed by atoms with Gasteiger partial charge in [0.2, 0.25) is 0 Å². The molecule has 0 saturated carbocycles. The number of rotatable bonds is 2. The van der Waals surface area contributed by atoms with Crippen LogP contribution < -0.4 is 5.32 Å². The highest BCUT2D eigenvalue weighted by Crippen LogP contribution is 2.17. The van der Waals surface area contributed by atoms with Crippen LogP contribution in [0.3, 0.4) is 0 Å². The molecule has 1 unspecified atom stereocenters. The van der Waals surface area contributed by atoms with Gasteiger partial charge in [-0.05, 0) is 43.0 Å². The van der Waals surface area contributed by atoms with Crippen molar-refractivity contribution < 1.29 is 0 Å². The Bertz CT molecular complexity index is 552. The lowest BCUT2D eigenvalue weighted by Gasteiger charge is -2.26. The molecular weight excluding hydrogens is 234 g/mol. The van der Waals surface area contributed by atoms with E-state index >= 15 is 0 Å². The maximum atomic E-state index is 4.16. The van der Waals surface area contributed by atoms with E-state index in [1.54, 1.807) is 0 Å². The van der Waals surface area contributed by atoms with Crippen LogP contribution in [0.4, 0.5) is 0 Å². The molecule has 1 aliphatic rings. The van der Waals surface area contributed by atoms with Crippen LogP contribution in [0.1, 0.15) is 18.9 Å². The maximum absolute atomic E-state index is 4.16. The predicted octanol–water partition coefficient (Wildman–Crippen LogP) is 2.42. The Morgan fingerprint density at radius 2 is 2.21 bits per heavy atom. The second-order valence-corrected chi connectivity index (χ2v) is 5.42. The molecule has 2 aromatic rings. The fourth-order valence-corrected chi connectivity index (χ4v) is 2.76. The minimum Gasteiger partial charge on any atom is -0.315 e. The summed E-state index contributed by atoms with van der Waals surface area (Å²) in [4.78, 5) is 6.74. The lowest BCUT2D eigenvalue weighted by atomic mass is 10.1. The van der Waals surface area contributed by atoms with Gasteiger partial charge in [0.25, 0.3) is 0 Å². The molecule has 1 aromatic carbocycles. The SMILES string of the molecule is CC1CCNCCN1Cc1ccc2cnccc2c1. The van der Waals surface area contributed by atoms with Crippen LogP contribution in [0.2, 0.25) is 0 Å². The van der Waals surface area contributed by atoms with Crippen molar-refractivity contribution in [1.29, 1.82) is 0 Å². The van der Waals surface area contributed by atoms with Gasteiger partial charge in [-0.2, -0.15) is 0 Å². The number of fused-ring (bicyclic) bond motifs is 1. The van der Waals surface area contributed by atoms with Gasteiger partial charge in [0, 0.05) is 43.5 Å². The largest absolute Gasteiger partial charge is 0.315 e. The summed E-state index contributed by atoms with van der Waals surface area (Å²) in [5.74, 6) is 0. The molecule has 0 spiro atoms. The number of hydrogen-bond acceptors (Lipinski definition) is 3. The smallest absolute Gasteiger partial charge is 0.0346 e. The highest BCUT2D eigenvalue weighted by molar-refractivity contribution is 5.81. The third-order valence-corrected chi connectivity index (χ3v) is 4.03. The van der Waals surface area contributed by atoms with Crippen LogP contribution >= 0.6 is 0 Å². The van der Waals surface area contributed by atoms with Gasteiger partial charge in [0.05, 0.1) is 0 Å². The molecule has 1 fully saturated rings. The Kier molecular flexibility index (Phi) is 3.76. The minimum absolute atomic E-state index is 0.656. The molecule has 0 radical (unpaired) electrons. The fraction of sp³-hybridized carbons (Fsp3) is 0.438. The van der Waals surface area contributed by atoms with Crippen LogP contribution in [0.15, 0.2) is 36.7 Å². The van der Waals surface area contributed by atoms with Crippen LogP contribution in [0.5, 0.6) is 0 Å². The molecule has 1 saturated heterocycles. The van der Waals surface area contributed by atoms with E-state index in [2.05, 4.69) is 46.4 Å². The number of nitrogens with one attached hydrogen (secondary N) is 1. The molecule has 1 aliphatic heterocycles. The van der Waals surface area contributed by atoms with E-state index in [0.717, 1.165) is 26.2 Å². The van der Waals surface area contributed by atoms with E-state index in [1.807, 2.05) is 12.4 Å². The number of pyridine rings is 1. The monoisotopic (exact) mass is 255 g/mol. The van der Waals surface area contributed by atoms with Gasteiger partial charge in [0.1, 0.15) is 0 Å². The topological polar surface area (TPSA) is 28.2 Å². The number of nitrogens with zero attached hydrogens (tertiary/aromatic N) is 2. The summed E-state index contributed by atoms with van der Waals surface area (Å²) in [6.45, 7) is 6.75. The number of benzene rings is 1. The second-order valence-electron chi connectivity index (χ2n) is 5.42. The predicted molar refractivity (Wildman–Crippen MR) is 79.1 cm³/mol. The van der Waals surface area contributed by atoms with Gasteiger partial charge in [-0.15, -0.1) is 0 Å². The first-order valence-corrected chi connectivity index (χ1v) is 7.10. The zero-order valence-corrected chi connectivity index (χ0v) is 11.5. The first kappa shape index (κ1) is 12.6. The zero-order chi connectivity index (χ0) is 13.1. The van der Waals surface area contributed by atoms with E-state index in [4.69, 9.17) is 0 Å². The first-order chi connectivity index (χ1) is 9.33. The first-order valence-electron chi connectivity index (χ1n) is 7.10. The molecule has 0 bridgehead atoms. The van der Waals surface area contributed by atoms with Gasteiger partial charge < -0.3 is 5.32 Å². The number of aromatic nitrogens is 1. The Morgan fingerprint density at radius 3 is 3.16 bits per heavy atom. The average molecular weight is 255 g/mol. The van der Waals surface area contributed by atoms with Crippen molar-refractivity contribution in [2.24, 2.45) is 0 Å². The van der Waals surface area contributed by atoms with E-state index < -0.39 is 0 Å². The molecule has 3 heteroatoms. The fourth-order valence-electron chi connectivity index (χ4n) is 2.76. The summed E-state index contributed by atoms with van der Waals surface area (Å²) in [5, 5.41) is 5.98. The highest BCUT2D eigenvalue weighted by Gasteiger charge is 2.16. The van der Waals surface area contributed by atoms with Crippen molar-refractivity contribution in [3.63, 3.8) is 0 Å².